The second kappa shape index (κ2) is 11.8. The Kier molecular flexibility index (Phi) is 9.78. The van der Waals surface area contributed by atoms with Crippen molar-refractivity contribution in [2.45, 2.75) is 51.2 Å². The van der Waals surface area contributed by atoms with Crippen LogP contribution in [-0.4, -0.2) is 38.4 Å². The van der Waals surface area contributed by atoms with E-state index in [-0.39, 0.29) is 18.5 Å². The van der Waals surface area contributed by atoms with E-state index in [0.29, 0.717) is 19.4 Å². The third-order valence-electron chi connectivity index (χ3n) is 2.97. The molecule has 1 atom stereocenters. The molecule has 1 aliphatic rings. The Balaban J connectivity index is 2.03. The summed E-state index contributed by atoms with van der Waals surface area (Å²) in [6, 6.07) is 0. The van der Waals surface area contributed by atoms with Crippen molar-refractivity contribution >= 4 is 11.8 Å². The van der Waals surface area contributed by atoms with Crippen molar-refractivity contribution < 1.29 is 23.8 Å². The van der Waals surface area contributed by atoms with E-state index in [1.54, 1.807) is 0 Å². The Morgan fingerprint density at radius 2 is 2.00 bits per heavy atom. The number of methoxy groups -OCH3 is 1. The molecule has 1 aliphatic heterocycles. The van der Waals surface area contributed by atoms with Gasteiger partial charge in [-0.3, -0.25) is 4.79 Å². The quantitative estimate of drug-likeness (QED) is 0.246. The lowest BCUT2D eigenvalue weighted by Crippen LogP contribution is -2.22. The largest absolute Gasteiger partial charge is 0.459 e. The molecule has 0 radical (unpaired) electrons. The molecule has 5 nitrogen and oxygen atoms in total. The SMILES string of the molecule is COC(=O)C#CCCC(=O)C#CCCCOC1CCCCO1. The van der Waals surface area contributed by atoms with Gasteiger partial charge in [0.2, 0.25) is 5.78 Å². The van der Waals surface area contributed by atoms with Crippen LogP contribution in [0.2, 0.25) is 0 Å². The first-order valence-electron chi connectivity index (χ1n) is 7.54. The first-order chi connectivity index (χ1) is 10.7. The minimum absolute atomic E-state index is 0.0725. The first kappa shape index (κ1) is 18.2. The topological polar surface area (TPSA) is 61.8 Å². The Bertz CT molecular complexity index is 469. The fourth-order valence-corrected chi connectivity index (χ4v) is 1.80. The number of ether oxygens (including phenoxy) is 3. The Morgan fingerprint density at radius 1 is 1.18 bits per heavy atom. The van der Waals surface area contributed by atoms with Crippen LogP contribution in [0.15, 0.2) is 0 Å². The van der Waals surface area contributed by atoms with Gasteiger partial charge in [0.25, 0.3) is 0 Å². The number of unbranched alkanes of at least 4 members (excludes halogenated alkanes) is 1. The van der Waals surface area contributed by atoms with E-state index in [0.717, 1.165) is 32.3 Å². The van der Waals surface area contributed by atoms with Crippen molar-refractivity contribution in [3.05, 3.63) is 0 Å². The first-order valence-corrected chi connectivity index (χ1v) is 7.54. The third-order valence-corrected chi connectivity index (χ3v) is 2.97. The van der Waals surface area contributed by atoms with Crippen molar-refractivity contribution in [3.8, 4) is 23.7 Å². The van der Waals surface area contributed by atoms with Gasteiger partial charge >= 0.3 is 5.97 Å². The van der Waals surface area contributed by atoms with E-state index in [1.807, 2.05) is 0 Å². The van der Waals surface area contributed by atoms with Crippen LogP contribution in [0.1, 0.15) is 44.9 Å². The number of esters is 1. The van der Waals surface area contributed by atoms with Gasteiger partial charge in [-0.05, 0) is 31.6 Å². The molecule has 0 amide bonds. The van der Waals surface area contributed by atoms with Crippen molar-refractivity contribution in [2.75, 3.05) is 20.3 Å². The molecule has 0 spiro atoms. The van der Waals surface area contributed by atoms with E-state index in [1.165, 1.54) is 7.11 Å². The Labute approximate surface area is 131 Å². The molecule has 0 aromatic carbocycles. The molecule has 0 aliphatic carbocycles. The van der Waals surface area contributed by atoms with Crippen molar-refractivity contribution in [3.63, 3.8) is 0 Å². The number of carbonyl (C=O) groups is 2. The van der Waals surface area contributed by atoms with Gasteiger partial charge in [0.15, 0.2) is 6.29 Å². The molecule has 0 aromatic rings. The number of carbonyl (C=O) groups excluding carboxylic acids is 2. The summed E-state index contributed by atoms with van der Waals surface area (Å²) >= 11 is 0. The molecule has 0 bridgehead atoms. The van der Waals surface area contributed by atoms with Crippen LogP contribution in [0, 0.1) is 23.7 Å². The van der Waals surface area contributed by atoms with Gasteiger partial charge in [-0.1, -0.05) is 11.8 Å². The predicted molar refractivity (Wildman–Crippen MR) is 80.6 cm³/mol. The Morgan fingerprint density at radius 3 is 2.73 bits per heavy atom. The molecule has 0 N–H and O–H groups in total. The molecule has 1 saturated heterocycles. The van der Waals surface area contributed by atoms with Crippen LogP contribution in [0.25, 0.3) is 0 Å². The Hall–Kier alpha value is -1.82. The summed E-state index contributed by atoms with van der Waals surface area (Å²) in [6.45, 7) is 1.37. The predicted octanol–water partition coefficient (Wildman–Crippen LogP) is 1.84. The standard InChI is InChI=1S/C17H22O5/c1-20-16(19)11-5-4-10-15(18)9-3-2-7-13-21-17-12-6-8-14-22-17/h17H,2,4,6-8,10,12-14H2,1H3. The van der Waals surface area contributed by atoms with Crippen molar-refractivity contribution in [1.82, 2.24) is 0 Å². The summed E-state index contributed by atoms with van der Waals surface area (Å²) in [4.78, 5) is 22.1. The zero-order chi connectivity index (χ0) is 16.0. The van der Waals surface area contributed by atoms with E-state index in [9.17, 15) is 9.59 Å². The van der Waals surface area contributed by atoms with Gasteiger partial charge in [-0.15, -0.1) is 0 Å². The average molecular weight is 306 g/mol. The lowest BCUT2D eigenvalue weighted by atomic mass is 10.2. The van der Waals surface area contributed by atoms with E-state index in [2.05, 4.69) is 28.4 Å². The minimum atomic E-state index is -0.597. The van der Waals surface area contributed by atoms with Gasteiger partial charge < -0.3 is 14.2 Å². The molecule has 1 heterocycles. The molecule has 1 rings (SSSR count). The summed E-state index contributed by atoms with van der Waals surface area (Å²) in [5, 5.41) is 0. The lowest BCUT2D eigenvalue weighted by Gasteiger charge is -2.22. The molecule has 0 aromatic heterocycles. The van der Waals surface area contributed by atoms with Crippen LogP contribution < -0.4 is 0 Å². The van der Waals surface area contributed by atoms with E-state index < -0.39 is 5.97 Å². The summed E-state index contributed by atoms with van der Waals surface area (Å²) in [7, 11) is 1.26. The second-order valence-electron chi connectivity index (χ2n) is 4.79. The number of Topliss-reactive ketones (excluding diaryl/α,β-unsaturated/α-hetero) is 1. The average Bonchev–Trinajstić information content (AvgIpc) is 2.55. The molecule has 0 saturated carbocycles. The molecule has 1 unspecified atom stereocenters. The van der Waals surface area contributed by atoms with Crippen LogP contribution in [0.5, 0.6) is 0 Å². The molecule has 1 fully saturated rings. The summed E-state index contributed by atoms with van der Waals surface area (Å²) < 4.78 is 15.4. The highest BCUT2D eigenvalue weighted by Gasteiger charge is 2.12. The molecular weight excluding hydrogens is 284 g/mol. The monoisotopic (exact) mass is 306 g/mol. The maximum absolute atomic E-state index is 11.4. The fourth-order valence-electron chi connectivity index (χ4n) is 1.80. The molecular formula is C17H22O5. The van der Waals surface area contributed by atoms with Crippen LogP contribution in [0.3, 0.4) is 0 Å². The lowest BCUT2D eigenvalue weighted by molar-refractivity contribution is -0.162. The summed E-state index contributed by atoms with van der Waals surface area (Å²) in [5.41, 5.74) is 0. The fraction of sp³-hybridized carbons (Fsp3) is 0.647. The summed E-state index contributed by atoms with van der Waals surface area (Å²) in [5.74, 6) is 9.45. The van der Waals surface area contributed by atoms with Crippen LogP contribution in [-0.2, 0) is 23.8 Å². The molecule has 5 heteroatoms. The minimum Gasteiger partial charge on any atom is -0.459 e. The van der Waals surface area contributed by atoms with Gasteiger partial charge in [-0.2, -0.15) is 0 Å². The third kappa shape index (κ3) is 9.18. The number of hydrogen-bond donors (Lipinski definition) is 0. The second-order valence-corrected chi connectivity index (χ2v) is 4.79. The number of hydrogen-bond acceptors (Lipinski definition) is 5. The van der Waals surface area contributed by atoms with Gasteiger partial charge in [0, 0.05) is 31.8 Å². The highest BCUT2D eigenvalue weighted by Crippen LogP contribution is 2.13. The van der Waals surface area contributed by atoms with E-state index >= 15 is 0 Å². The highest BCUT2D eigenvalue weighted by molar-refractivity contribution is 5.95. The molecule has 22 heavy (non-hydrogen) atoms. The smallest absolute Gasteiger partial charge is 0.384 e. The van der Waals surface area contributed by atoms with E-state index in [4.69, 9.17) is 9.47 Å². The van der Waals surface area contributed by atoms with Crippen LogP contribution >= 0.6 is 0 Å². The van der Waals surface area contributed by atoms with Crippen LogP contribution in [0.4, 0.5) is 0 Å². The number of ketones is 1. The number of rotatable bonds is 6. The zero-order valence-corrected chi connectivity index (χ0v) is 13.0. The maximum Gasteiger partial charge on any atom is 0.384 e. The van der Waals surface area contributed by atoms with Gasteiger partial charge in [-0.25, -0.2) is 4.79 Å². The van der Waals surface area contributed by atoms with Crippen molar-refractivity contribution in [1.29, 1.82) is 0 Å². The summed E-state index contributed by atoms with van der Waals surface area (Å²) in [6.07, 6.45) is 5.08. The van der Waals surface area contributed by atoms with Crippen molar-refractivity contribution in [2.24, 2.45) is 0 Å². The van der Waals surface area contributed by atoms with Gasteiger partial charge in [0.1, 0.15) is 0 Å². The molecule has 120 valence electrons. The normalized spacial score (nSPS) is 16.7. The zero-order valence-electron chi connectivity index (χ0n) is 13.0. The highest BCUT2D eigenvalue weighted by atomic mass is 16.7. The van der Waals surface area contributed by atoms with Gasteiger partial charge in [0.05, 0.1) is 13.7 Å². The maximum atomic E-state index is 11.4.